The van der Waals surface area contributed by atoms with Crippen molar-refractivity contribution in [1.82, 2.24) is 0 Å². The highest BCUT2D eigenvalue weighted by atomic mass is 16.6. The van der Waals surface area contributed by atoms with Crippen molar-refractivity contribution in [3.63, 3.8) is 0 Å². The fourth-order valence-corrected chi connectivity index (χ4v) is 1.87. The van der Waals surface area contributed by atoms with Crippen LogP contribution in [0.4, 0.5) is 0 Å². The molecule has 2 aliphatic rings. The van der Waals surface area contributed by atoms with E-state index in [0.717, 1.165) is 0 Å². The minimum Gasteiger partial charge on any atom is -0.481 e. The van der Waals surface area contributed by atoms with Crippen LogP contribution in [0.2, 0.25) is 0 Å². The van der Waals surface area contributed by atoms with Crippen LogP contribution < -0.4 is 0 Å². The lowest BCUT2D eigenvalue weighted by Crippen LogP contribution is -2.28. The molecule has 1 aliphatic heterocycles. The molecule has 3 atom stereocenters. The molecule has 1 saturated heterocycles. The molecule has 1 aliphatic carbocycles. The average Bonchev–Trinajstić information content (AvgIpc) is 2.43. The molecule has 0 aromatic carbocycles. The number of hydrogen-bond donors (Lipinski definition) is 1. The molecule has 60 valence electrons. The molecule has 2 rings (SSSR count). The van der Waals surface area contributed by atoms with Gasteiger partial charge in [0.2, 0.25) is 0 Å². The Balaban J connectivity index is 2.18. The molecule has 4 nitrogen and oxygen atoms in total. The largest absolute Gasteiger partial charge is 0.481 e. The fraction of sp³-hybridized carbons (Fsp3) is 0.714. The minimum atomic E-state index is -0.867. The van der Waals surface area contributed by atoms with Gasteiger partial charge in [-0.1, -0.05) is 0 Å². The smallest absolute Gasteiger partial charge is 0.310 e. The lowest BCUT2D eigenvalue weighted by molar-refractivity contribution is -0.158. The van der Waals surface area contributed by atoms with E-state index < -0.39 is 11.9 Å². The molecule has 0 aromatic rings. The van der Waals surface area contributed by atoms with Crippen LogP contribution in [0.25, 0.3) is 0 Å². The van der Waals surface area contributed by atoms with Crippen LogP contribution in [-0.4, -0.2) is 23.1 Å². The molecule has 2 fully saturated rings. The van der Waals surface area contributed by atoms with Gasteiger partial charge < -0.3 is 9.84 Å². The van der Waals surface area contributed by atoms with Crippen molar-refractivity contribution in [1.29, 1.82) is 0 Å². The highest BCUT2D eigenvalue weighted by Crippen LogP contribution is 2.40. The van der Waals surface area contributed by atoms with Crippen LogP contribution >= 0.6 is 0 Å². The third-order valence-electron chi connectivity index (χ3n) is 2.42. The Labute approximate surface area is 63.1 Å². The summed E-state index contributed by atoms with van der Waals surface area (Å²) in [4.78, 5) is 21.4. The van der Waals surface area contributed by atoms with Gasteiger partial charge in [0, 0.05) is 0 Å². The van der Waals surface area contributed by atoms with Gasteiger partial charge in [0.25, 0.3) is 0 Å². The van der Waals surface area contributed by atoms with Gasteiger partial charge in [-0.3, -0.25) is 9.59 Å². The topological polar surface area (TPSA) is 63.6 Å². The van der Waals surface area contributed by atoms with Crippen molar-refractivity contribution >= 4 is 11.9 Å². The van der Waals surface area contributed by atoms with Gasteiger partial charge in [0.15, 0.2) is 0 Å². The molecular weight excluding hydrogens is 148 g/mol. The van der Waals surface area contributed by atoms with Crippen molar-refractivity contribution in [3.05, 3.63) is 0 Å². The SMILES string of the molecule is O=C(O)C1CC2C[C@@H]1C(=O)O2. The number of aliphatic carboxylic acids is 1. The second kappa shape index (κ2) is 1.96. The zero-order valence-corrected chi connectivity index (χ0v) is 5.82. The Morgan fingerprint density at radius 1 is 1.55 bits per heavy atom. The number of esters is 1. The summed E-state index contributed by atoms with van der Waals surface area (Å²) >= 11 is 0. The van der Waals surface area contributed by atoms with E-state index in [1.807, 2.05) is 0 Å². The van der Waals surface area contributed by atoms with Gasteiger partial charge in [-0.2, -0.15) is 0 Å². The quantitative estimate of drug-likeness (QED) is 0.544. The van der Waals surface area contributed by atoms with E-state index in [2.05, 4.69) is 0 Å². The summed E-state index contributed by atoms with van der Waals surface area (Å²) in [7, 11) is 0. The third kappa shape index (κ3) is 0.818. The zero-order valence-electron chi connectivity index (χ0n) is 5.82. The maximum absolute atomic E-state index is 10.9. The number of hydrogen-bond acceptors (Lipinski definition) is 3. The Morgan fingerprint density at radius 3 is 2.64 bits per heavy atom. The van der Waals surface area contributed by atoms with Crippen LogP contribution in [0.3, 0.4) is 0 Å². The molecule has 2 unspecified atom stereocenters. The highest BCUT2D eigenvalue weighted by Gasteiger charge is 2.50. The monoisotopic (exact) mass is 156 g/mol. The van der Waals surface area contributed by atoms with E-state index in [1.165, 1.54) is 0 Å². The first kappa shape index (κ1) is 6.64. The Hall–Kier alpha value is -1.06. The summed E-state index contributed by atoms with van der Waals surface area (Å²) in [6.45, 7) is 0. The van der Waals surface area contributed by atoms with Crippen LogP contribution in [0.5, 0.6) is 0 Å². The summed E-state index contributed by atoms with van der Waals surface area (Å²) in [5.74, 6) is -2.04. The maximum atomic E-state index is 10.9. The molecule has 0 aromatic heterocycles. The molecule has 0 spiro atoms. The second-order valence-corrected chi connectivity index (χ2v) is 3.08. The molecule has 0 amide bonds. The first-order chi connectivity index (χ1) is 5.18. The van der Waals surface area contributed by atoms with E-state index in [-0.39, 0.29) is 18.0 Å². The Morgan fingerprint density at radius 2 is 2.27 bits per heavy atom. The summed E-state index contributed by atoms with van der Waals surface area (Å²) < 4.78 is 4.84. The Kier molecular flexibility index (Phi) is 1.19. The number of ether oxygens (including phenoxy) is 1. The van der Waals surface area contributed by atoms with Crippen LogP contribution in [0, 0.1) is 11.8 Å². The van der Waals surface area contributed by atoms with Crippen LogP contribution in [0.15, 0.2) is 0 Å². The summed E-state index contributed by atoms with van der Waals surface area (Å²) in [5, 5.41) is 8.65. The molecule has 1 N–H and O–H groups in total. The number of rotatable bonds is 1. The maximum Gasteiger partial charge on any atom is 0.310 e. The molecule has 11 heavy (non-hydrogen) atoms. The van der Waals surface area contributed by atoms with Crippen molar-refractivity contribution in [3.8, 4) is 0 Å². The van der Waals surface area contributed by atoms with Crippen molar-refractivity contribution < 1.29 is 19.4 Å². The van der Waals surface area contributed by atoms with Crippen LogP contribution in [0.1, 0.15) is 12.8 Å². The molecule has 0 radical (unpaired) electrons. The van der Waals surface area contributed by atoms with E-state index in [9.17, 15) is 9.59 Å². The molecule has 2 bridgehead atoms. The first-order valence-corrected chi connectivity index (χ1v) is 3.62. The first-order valence-electron chi connectivity index (χ1n) is 3.62. The number of carbonyl (C=O) groups is 2. The molecular formula is C7H8O4. The van der Waals surface area contributed by atoms with Gasteiger partial charge >= 0.3 is 11.9 Å². The van der Waals surface area contributed by atoms with Crippen molar-refractivity contribution in [2.24, 2.45) is 11.8 Å². The summed E-state index contributed by atoms with van der Waals surface area (Å²) in [6, 6.07) is 0. The molecule has 4 heteroatoms. The second-order valence-electron chi connectivity index (χ2n) is 3.08. The van der Waals surface area contributed by atoms with Gasteiger partial charge in [0.1, 0.15) is 6.10 Å². The van der Waals surface area contributed by atoms with Crippen molar-refractivity contribution in [2.75, 3.05) is 0 Å². The molecule has 1 heterocycles. The van der Waals surface area contributed by atoms with Crippen LogP contribution in [-0.2, 0) is 14.3 Å². The third-order valence-corrected chi connectivity index (χ3v) is 2.42. The average molecular weight is 156 g/mol. The minimum absolute atomic E-state index is 0.117. The number of carbonyl (C=O) groups excluding carboxylic acids is 1. The molecule has 1 saturated carbocycles. The lowest BCUT2D eigenvalue weighted by atomic mass is 9.96. The number of carboxylic acid groups (broad SMARTS) is 1. The number of carboxylic acids is 1. The fourth-order valence-electron chi connectivity index (χ4n) is 1.87. The summed E-state index contributed by atoms with van der Waals surface area (Å²) in [5.41, 5.74) is 0. The van der Waals surface area contributed by atoms with Gasteiger partial charge in [-0.15, -0.1) is 0 Å². The highest BCUT2D eigenvalue weighted by molar-refractivity contribution is 5.84. The van der Waals surface area contributed by atoms with Gasteiger partial charge in [-0.25, -0.2) is 0 Å². The lowest BCUT2D eigenvalue weighted by Gasteiger charge is -2.16. The van der Waals surface area contributed by atoms with Gasteiger partial charge in [0.05, 0.1) is 11.8 Å². The van der Waals surface area contributed by atoms with E-state index in [0.29, 0.717) is 12.8 Å². The van der Waals surface area contributed by atoms with Crippen molar-refractivity contribution in [2.45, 2.75) is 18.9 Å². The predicted molar refractivity (Wildman–Crippen MR) is 33.7 cm³/mol. The standard InChI is InChI=1S/C7H8O4/c8-6(9)4-1-3-2-5(4)7(10)11-3/h3-5H,1-2H2,(H,8,9)/t3?,4?,5-/m0/s1. The van der Waals surface area contributed by atoms with E-state index in [4.69, 9.17) is 9.84 Å². The normalized spacial score (nSPS) is 40.7. The Bertz CT molecular complexity index is 222. The predicted octanol–water partition coefficient (Wildman–Crippen LogP) is 0.0226. The summed E-state index contributed by atoms with van der Waals surface area (Å²) in [6.07, 6.45) is 0.996. The van der Waals surface area contributed by atoms with E-state index in [1.54, 1.807) is 0 Å². The van der Waals surface area contributed by atoms with Gasteiger partial charge in [-0.05, 0) is 12.8 Å². The number of fused-ring (bicyclic) bond motifs is 2. The zero-order chi connectivity index (χ0) is 8.01. The van der Waals surface area contributed by atoms with E-state index >= 15 is 0 Å².